The van der Waals surface area contributed by atoms with Crippen molar-refractivity contribution >= 4 is 5.69 Å². The van der Waals surface area contributed by atoms with Crippen LogP contribution >= 0.6 is 0 Å². The minimum Gasteiger partial charge on any atom is -0.397 e. The molecular weight excluding hydrogens is 238 g/mol. The lowest BCUT2D eigenvalue weighted by Gasteiger charge is -2.34. The molecule has 0 radical (unpaired) electrons. The normalized spacial score (nSPS) is 26.8. The second kappa shape index (κ2) is 6.53. The summed E-state index contributed by atoms with van der Waals surface area (Å²) in [5, 5.41) is 8.53. The van der Waals surface area contributed by atoms with E-state index in [0.717, 1.165) is 24.9 Å². The van der Waals surface area contributed by atoms with Gasteiger partial charge in [-0.1, -0.05) is 6.92 Å². The molecule has 102 valence electrons. The number of hydrogen-bond donors (Lipinski definition) is 1. The molecule has 0 spiro atoms. The first-order valence-electron chi connectivity index (χ1n) is 6.90. The monoisotopic (exact) mass is 259 g/mol. The van der Waals surface area contributed by atoms with E-state index in [1.165, 1.54) is 5.56 Å². The van der Waals surface area contributed by atoms with Crippen LogP contribution in [0.5, 0.6) is 0 Å². The first-order chi connectivity index (χ1) is 9.22. The van der Waals surface area contributed by atoms with Crippen molar-refractivity contribution in [3.63, 3.8) is 0 Å². The van der Waals surface area contributed by atoms with Crippen LogP contribution in [-0.2, 0) is 4.74 Å². The van der Waals surface area contributed by atoms with Crippen molar-refractivity contribution in [1.29, 1.82) is 5.26 Å². The molecule has 19 heavy (non-hydrogen) atoms. The zero-order valence-corrected chi connectivity index (χ0v) is 11.4. The fraction of sp³-hybridized carbons (Fsp3) is 0.600. The molecule has 1 saturated carbocycles. The van der Waals surface area contributed by atoms with Crippen LogP contribution in [-0.4, -0.2) is 17.7 Å². The average molecular weight is 259 g/mol. The van der Waals surface area contributed by atoms with Crippen LogP contribution < -0.4 is 5.73 Å². The maximum Gasteiger partial charge on any atom is 0.0645 e. The van der Waals surface area contributed by atoms with Crippen molar-refractivity contribution in [2.45, 2.75) is 44.6 Å². The van der Waals surface area contributed by atoms with Gasteiger partial charge in [0, 0.05) is 6.20 Å². The lowest BCUT2D eigenvalue weighted by atomic mass is 9.77. The van der Waals surface area contributed by atoms with Gasteiger partial charge in [-0.15, -0.1) is 0 Å². The van der Waals surface area contributed by atoms with Gasteiger partial charge in [0.2, 0.25) is 0 Å². The van der Waals surface area contributed by atoms with Crippen molar-refractivity contribution in [2.75, 3.05) is 12.3 Å². The first kappa shape index (κ1) is 13.8. The molecule has 3 unspecified atom stereocenters. The lowest BCUT2D eigenvalue weighted by Crippen LogP contribution is -2.29. The zero-order chi connectivity index (χ0) is 13.7. The van der Waals surface area contributed by atoms with Gasteiger partial charge in [0.25, 0.3) is 0 Å². The van der Waals surface area contributed by atoms with Crippen molar-refractivity contribution < 1.29 is 4.74 Å². The minimum absolute atomic E-state index is 0.285. The number of aromatic nitrogens is 1. The topological polar surface area (TPSA) is 71.9 Å². The minimum atomic E-state index is 0.285. The van der Waals surface area contributed by atoms with Gasteiger partial charge in [0.15, 0.2) is 0 Å². The number of nitrogen functional groups attached to an aromatic ring is 1. The van der Waals surface area contributed by atoms with Crippen LogP contribution in [0.2, 0.25) is 0 Å². The van der Waals surface area contributed by atoms with Crippen LogP contribution in [0.15, 0.2) is 18.5 Å². The third kappa shape index (κ3) is 3.45. The predicted octanol–water partition coefficient (Wildman–Crippen LogP) is 2.87. The zero-order valence-electron chi connectivity index (χ0n) is 11.4. The number of ether oxygens (including phenoxy) is 1. The van der Waals surface area contributed by atoms with Gasteiger partial charge >= 0.3 is 0 Å². The lowest BCUT2D eigenvalue weighted by molar-refractivity contribution is -0.00659. The van der Waals surface area contributed by atoms with Crippen LogP contribution in [0.3, 0.4) is 0 Å². The smallest absolute Gasteiger partial charge is 0.0645 e. The summed E-state index contributed by atoms with van der Waals surface area (Å²) in [6.07, 6.45) is 7.53. The van der Waals surface area contributed by atoms with Crippen LogP contribution in [0, 0.1) is 17.2 Å². The van der Waals surface area contributed by atoms with E-state index < -0.39 is 0 Å². The quantitative estimate of drug-likeness (QED) is 0.844. The van der Waals surface area contributed by atoms with Gasteiger partial charge in [-0.25, -0.2) is 0 Å². The molecule has 0 amide bonds. The van der Waals surface area contributed by atoms with Gasteiger partial charge < -0.3 is 10.5 Å². The summed E-state index contributed by atoms with van der Waals surface area (Å²) in [5.74, 6) is 1.01. The van der Waals surface area contributed by atoms with E-state index in [1.807, 2.05) is 12.3 Å². The fourth-order valence-electron chi connectivity index (χ4n) is 2.94. The van der Waals surface area contributed by atoms with Crippen LogP contribution in [0.25, 0.3) is 0 Å². The third-order valence-electron chi connectivity index (χ3n) is 3.96. The molecular formula is C15H21N3O. The second-order valence-corrected chi connectivity index (χ2v) is 5.31. The Hall–Kier alpha value is -1.60. The molecule has 0 bridgehead atoms. The van der Waals surface area contributed by atoms with E-state index in [4.69, 9.17) is 15.7 Å². The summed E-state index contributed by atoms with van der Waals surface area (Å²) in [5.41, 5.74) is 8.01. The first-order valence-corrected chi connectivity index (χ1v) is 6.90. The average Bonchev–Trinajstić information content (AvgIpc) is 2.41. The summed E-state index contributed by atoms with van der Waals surface area (Å²) in [4.78, 5) is 4.04. The molecule has 2 N–H and O–H groups in total. The van der Waals surface area contributed by atoms with E-state index in [1.54, 1.807) is 6.20 Å². The van der Waals surface area contributed by atoms with E-state index in [-0.39, 0.29) is 6.10 Å². The van der Waals surface area contributed by atoms with E-state index in [2.05, 4.69) is 18.0 Å². The summed E-state index contributed by atoms with van der Waals surface area (Å²) in [7, 11) is 0. The number of rotatable bonds is 4. The van der Waals surface area contributed by atoms with Crippen molar-refractivity contribution in [3.05, 3.63) is 24.0 Å². The molecule has 4 heteroatoms. The highest BCUT2D eigenvalue weighted by Crippen LogP contribution is 2.39. The van der Waals surface area contributed by atoms with E-state index in [0.29, 0.717) is 24.9 Å². The molecule has 1 aromatic rings. The Morgan fingerprint density at radius 2 is 2.37 bits per heavy atom. The largest absolute Gasteiger partial charge is 0.397 e. The number of hydrogen-bond acceptors (Lipinski definition) is 4. The number of pyridine rings is 1. The second-order valence-electron chi connectivity index (χ2n) is 5.31. The molecule has 1 aliphatic rings. The van der Waals surface area contributed by atoms with Crippen LogP contribution in [0.4, 0.5) is 5.69 Å². The number of nitriles is 1. The van der Waals surface area contributed by atoms with E-state index in [9.17, 15) is 0 Å². The molecule has 1 aliphatic carbocycles. The Kier molecular flexibility index (Phi) is 4.75. The predicted molar refractivity (Wildman–Crippen MR) is 74.4 cm³/mol. The summed E-state index contributed by atoms with van der Waals surface area (Å²) in [6.45, 7) is 2.77. The van der Waals surface area contributed by atoms with Crippen molar-refractivity contribution in [1.82, 2.24) is 4.98 Å². The molecule has 4 nitrogen and oxygen atoms in total. The Labute approximate surface area is 114 Å². The molecule has 0 aromatic carbocycles. The molecule has 3 atom stereocenters. The number of anilines is 1. The van der Waals surface area contributed by atoms with Gasteiger partial charge in [-0.2, -0.15) is 5.26 Å². The van der Waals surface area contributed by atoms with Crippen LogP contribution in [0.1, 0.15) is 44.1 Å². The molecule has 1 aromatic heterocycles. The third-order valence-corrected chi connectivity index (χ3v) is 3.96. The molecule has 2 rings (SSSR count). The summed E-state index contributed by atoms with van der Waals surface area (Å²) >= 11 is 0. The van der Waals surface area contributed by atoms with Gasteiger partial charge in [0.1, 0.15) is 0 Å². The highest BCUT2D eigenvalue weighted by molar-refractivity contribution is 5.46. The van der Waals surface area contributed by atoms with Gasteiger partial charge in [-0.05, 0) is 42.7 Å². The molecule has 1 heterocycles. The Morgan fingerprint density at radius 1 is 1.53 bits per heavy atom. The molecule has 0 aliphatic heterocycles. The highest BCUT2D eigenvalue weighted by Gasteiger charge is 2.29. The Morgan fingerprint density at radius 3 is 3.05 bits per heavy atom. The number of nitrogens with two attached hydrogens (primary N) is 1. The molecule has 0 saturated heterocycles. The summed E-state index contributed by atoms with van der Waals surface area (Å²) < 4.78 is 5.78. The van der Waals surface area contributed by atoms with Crippen molar-refractivity contribution in [3.8, 4) is 6.07 Å². The highest BCUT2D eigenvalue weighted by atomic mass is 16.5. The van der Waals surface area contributed by atoms with Gasteiger partial charge in [-0.3, -0.25) is 4.98 Å². The Balaban J connectivity index is 1.93. The number of nitrogens with zero attached hydrogens (tertiary/aromatic N) is 2. The Bertz CT molecular complexity index is 455. The van der Waals surface area contributed by atoms with Gasteiger partial charge in [0.05, 0.1) is 37.1 Å². The SMILES string of the molecule is CC1CC(c2ccncc2N)CCC1OCCC#N. The standard InChI is InChI=1S/C15H21N3O/c1-11-9-12(13-5-7-18-10-14(13)17)3-4-15(11)19-8-2-6-16/h5,7,10-12,15H,2-4,8-9,17H2,1H3. The summed E-state index contributed by atoms with van der Waals surface area (Å²) in [6, 6.07) is 4.15. The fourth-order valence-corrected chi connectivity index (χ4v) is 2.94. The van der Waals surface area contributed by atoms with Crippen molar-refractivity contribution in [2.24, 2.45) is 5.92 Å². The maximum atomic E-state index is 8.53. The van der Waals surface area contributed by atoms with E-state index >= 15 is 0 Å². The molecule has 1 fully saturated rings. The maximum absolute atomic E-state index is 8.53.